The van der Waals surface area contributed by atoms with E-state index < -0.39 is 5.97 Å². The van der Waals surface area contributed by atoms with E-state index in [0.717, 1.165) is 37.3 Å². The van der Waals surface area contributed by atoms with Gasteiger partial charge < -0.3 is 14.6 Å². The molecule has 1 aliphatic heterocycles. The Bertz CT molecular complexity index is 642. The SMILES string of the molecule is Cn1ccc(-c2cc(C(=O)O)cc(N3CCCC3)n2)c1. The van der Waals surface area contributed by atoms with Crippen LogP contribution in [0.3, 0.4) is 0 Å². The molecular weight excluding hydrogens is 254 g/mol. The molecule has 5 nitrogen and oxygen atoms in total. The minimum atomic E-state index is -0.912. The van der Waals surface area contributed by atoms with Crippen molar-refractivity contribution in [3.05, 3.63) is 36.2 Å². The maximum absolute atomic E-state index is 11.3. The molecule has 0 aromatic carbocycles. The summed E-state index contributed by atoms with van der Waals surface area (Å²) in [6, 6.07) is 5.25. The molecule has 0 radical (unpaired) electrons. The molecule has 1 N–H and O–H groups in total. The molecule has 3 heterocycles. The van der Waals surface area contributed by atoms with Gasteiger partial charge in [0.25, 0.3) is 0 Å². The van der Waals surface area contributed by atoms with Gasteiger partial charge in [-0.3, -0.25) is 0 Å². The number of aromatic nitrogens is 2. The van der Waals surface area contributed by atoms with E-state index in [2.05, 4.69) is 9.88 Å². The number of carbonyl (C=O) groups is 1. The fraction of sp³-hybridized carbons (Fsp3) is 0.333. The summed E-state index contributed by atoms with van der Waals surface area (Å²) >= 11 is 0. The standard InChI is InChI=1S/C15H17N3O2/c1-17-7-4-11(10-17)13-8-12(15(19)20)9-14(16-13)18-5-2-3-6-18/h4,7-10H,2-3,5-6H2,1H3,(H,19,20). The van der Waals surface area contributed by atoms with Crippen LogP contribution in [0.25, 0.3) is 11.3 Å². The number of carboxylic acids is 1. The molecule has 1 fully saturated rings. The summed E-state index contributed by atoms with van der Waals surface area (Å²) < 4.78 is 1.93. The van der Waals surface area contributed by atoms with Crippen LogP contribution < -0.4 is 4.90 Å². The van der Waals surface area contributed by atoms with Gasteiger partial charge >= 0.3 is 5.97 Å². The van der Waals surface area contributed by atoms with Gasteiger partial charge in [-0.15, -0.1) is 0 Å². The summed E-state index contributed by atoms with van der Waals surface area (Å²) in [6.07, 6.45) is 6.15. The van der Waals surface area contributed by atoms with Gasteiger partial charge in [0.2, 0.25) is 0 Å². The summed E-state index contributed by atoms with van der Waals surface area (Å²) in [6.45, 7) is 1.90. The molecule has 0 amide bonds. The van der Waals surface area contributed by atoms with Crippen molar-refractivity contribution in [3.63, 3.8) is 0 Å². The van der Waals surface area contributed by atoms with Gasteiger partial charge in [0.05, 0.1) is 11.3 Å². The first-order chi connectivity index (χ1) is 9.63. The molecular formula is C15H17N3O2. The molecule has 0 aliphatic carbocycles. The molecule has 0 atom stereocenters. The lowest BCUT2D eigenvalue weighted by Crippen LogP contribution is -2.19. The van der Waals surface area contributed by atoms with Gasteiger partial charge in [0.1, 0.15) is 5.82 Å². The van der Waals surface area contributed by atoms with Crippen molar-refractivity contribution in [1.82, 2.24) is 9.55 Å². The van der Waals surface area contributed by atoms with Gasteiger partial charge in [-0.25, -0.2) is 9.78 Å². The smallest absolute Gasteiger partial charge is 0.335 e. The highest BCUT2D eigenvalue weighted by atomic mass is 16.4. The van der Waals surface area contributed by atoms with E-state index in [1.165, 1.54) is 0 Å². The van der Waals surface area contributed by atoms with Crippen molar-refractivity contribution in [3.8, 4) is 11.3 Å². The highest BCUT2D eigenvalue weighted by Crippen LogP contribution is 2.25. The van der Waals surface area contributed by atoms with Gasteiger partial charge in [0, 0.05) is 38.1 Å². The number of aromatic carboxylic acids is 1. The Labute approximate surface area is 117 Å². The van der Waals surface area contributed by atoms with Gasteiger partial charge in [0.15, 0.2) is 0 Å². The molecule has 1 saturated heterocycles. The molecule has 0 saturated carbocycles. The van der Waals surface area contributed by atoms with Crippen LogP contribution in [0.4, 0.5) is 5.82 Å². The average Bonchev–Trinajstić information content (AvgIpc) is 3.09. The van der Waals surface area contributed by atoms with E-state index in [1.54, 1.807) is 12.1 Å². The number of nitrogens with zero attached hydrogens (tertiary/aromatic N) is 3. The first kappa shape index (κ1) is 12.7. The zero-order chi connectivity index (χ0) is 14.1. The number of hydrogen-bond donors (Lipinski definition) is 1. The summed E-state index contributed by atoms with van der Waals surface area (Å²) in [7, 11) is 1.94. The Balaban J connectivity index is 2.06. The van der Waals surface area contributed by atoms with Crippen LogP contribution in [0.2, 0.25) is 0 Å². The van der Waals surface area contributed by atoms with Crippen LogP contribution >= 0.6 is 0 Å². The number of rotatable bonds is 3. The van der Waals surface area contributed by atoms with Crippen LogP contribution in [0, 0.1) is 0 Å². The summed E-state index contributed by atoms with van der Waals surface area (Å²) in [4.78, 5) is 18.1. The lowest BCUT2D eigenvalue weighted by Gasteiger charge is -2.17. The zero-order valence-corrected chi connectivity index (χ0v) is 11.4. The third-order valence-electron chi connectivity index (χ3n) is 3.62. The molecule has 20 heavy (non-hydrogen) atoms. The lowest BCUT2D eigenvalue weighted by atomic mass is 10.1. The van der Waals surface area contributed by atoms with Crippen molar-refractivity contribution in [2.75, 3.05) is 18.0 Å². The first-order valence-electron chi connectivity index (χ1n) is 6.76. The van der Waals surface area contributed by atoms with Crippen molar-refractivity contribution in [2.45, 2.75) is 12.8 Å². The van der Waals surface area contributed by atoms with E-state index in [1.807, 2.05) is 30.1 Å². The number of anilines is 1. The molecule has 0 bridgehead atoms. The zero-order valence-electron chi connectivity index (χ0n) is 11.4. The predicted molar refractivity (Wildman–Crippen MR) is 77.1 cm³/mol. The summed E-state index contributed by atoms with van der Waals surface area (Å²) in [5.74, 6) is -0.147. The van der Waals surface area contributed by atoms with Crippen molar-refractivity contribution in [1.29, 1.82) is 0 Å². The van der Waals surface area contributed by atoms with Crippen LogP contribution in [0.1, 0.15) is 23.2 Å². The quantitative estimate of drug-likeness (QED) is 0.931. The maximum Gasteiger partial charge on any atom is 0.335 e. The monoisotopic (exact) mass is 271 g/mol. The molecule has 0 spiro atoms. The average molecular weight is 271 g/mol. The molecule has 104 valence electrons. The highest BCUT2D eigenvalue weighted by molar-refractivity contribution is 5.90. The maximum atomic E-state index is 11.3. The number of carboxylic acid groups (broad SMARTS) is 1. The van der Waals surface area contributed by atoms with Gasteiger partial charge in [-0.05, 0) is 31.0 Å². The fourth-order valence-corrected chi connectivity index (χ4v) is 2.55. The summed E-state index contributed by atoms with van der Waals surface area (Å²) in [5.41, 5.74) is 1.95. The minimum absolute atomic E-state index is 0.292. The lowest BCUT2D eigenvalue weighted by molar-refractivity contribution is 0.0697. The molecule has 5 heteroatoms. The van der Waals surface area contributed by atoms with Crippen LogP contribution in [0.5, 0.6) is 0 Å². The third-order valence-corrected chi connectivity index (χ3v) is 3.62. The molecule has 2 aromatic heterocycles. The van der Waals surface area contributed by atoms with E-state index in [4.69, 9.17) is 0 Å². The summed E-state index contributed by atoms with van der Waals surface area (Å²) in [5, 5.41) is 9.28. The normalized spacial score (nSPS) is 14.8. The Morgan fingerprint density at radius 1 is 1.30 bits per heavy atom. The van der Waals surface area contributed by atoms with Gasteiger partial charge in [-0.2, -0.15) is 0 Å². The van der Waals surface area contributed by atoms with E-state index in [-0.39, 0.29) is 0 Å². The van der Waals surface area contributed by atoms with Gasteiger partial charge in [-0.1, -0.05) is 0 Å². The number of pyridine rings is 1. The largest absolute Gasteiger partial charge is 0.478 e. The van der Waals surface area contributed by atoms with E-state index in [0.29, 0.717) is 11.3 Å². The van der Waals surface area contributed by atoms with E-state index >= 15 is 0 Å². The minimum Gasteiger partial charge on any atom is -0.478 e. The third kappa shape index (κ3) is 2.39. The Morgan fingerprint density at radius 3 is 2.65 bits per heavy atom. The Morgan fingerprint density at radius 2 is 2.05 bits per heavy atom. The fourth-order valence-electron chi connectivity index (χ4n) is 2.55. The molecule has 2 aromatic rings. The topological polar surface area (TPSA) is 58.4 Å². The Hall–Kier alpha value is -2.30. The molecule has 3 rings (SSSR count). The van der Waals surface area contributed by atoms with Crippen molar-refractivity contribution in [2.24, 2.45) is 7.05 Å². The second kappa shape index (κ2) is 5.00. The number of aryl methyl sites for hydroxylation is 1. The second-order valence-electron chi connectivity index (χ2n) is 5.16. The van der Waals surface area contributed by atoms with Crippen LogP contribution in [-0.2, 0) is 7.05 Å². The highest BCUT2D eigenvalue weighted by Gasteiger charge is 2.17. The first-order valence-corrected chi connectivity index (χ1v) is 6.76. The predicted octanol–water partition coefficient (Wildman–Crippen LogP) is 2.39. The van der Waals surface area contributed by atoms with Crippen molar-refractivity contribution >= 4 is 11.8 Å². The Kier molecular flexibility index (Phi) is 3.18. The van der Waals surface area contributed by atoms with Crippen LogP contribution in [0.15, 0.2) is 30.6 Å². The second-order valence-corrected chi connectivity index (χ2v) is 5.16. The molecule has 0 unspecified atom stereocenters. The van der Waals surface area contributed by atoms with Crippen molar-refractivity contribution < 1.29 is 9.90 Å². The van der Waals surface area contributed by atoms with E-state index in [9.17, 15) is 9.90 Å². The molecule has 1 aliphatic rings. The number of hydrogen-bond acceptors (Lipinski definition) is 3. The van der Waals surface area contributed by atoms with Crippen LogP contribution in [-0.4, -0.2) is 33.7 Å².